The summed E-state index contributed by atoms with van der Waals surface area (Å²) in [5, 5.41) is 3.45. The molecule has 5 heteroatoms. The Hall–Kier alpha value is -0.490. The quantitative estimate of drug-likeness (QED) is 0.803. The van der Waals surface area contributed by atoms with E-state index in [9.17, 15) is 4.39 Å². The van der Waals surface area contributed by atoms with E-state index in [-0.39, 0.29) is 5.82 Å². The van der Waals surface area contributed by atoms with E-state index >= 15 is 0 Å². The highest BCUT2D eigenvalue weighted by molar-refractivity contribution is 9.10. The summed E-state index contributed by atoms with van der Waals surface area (Å²) in [6, 6.07) is 5.28. The maximum atomic E-state index is 13.1. The number of rotatable bonds is 6. The van der Waals surface area contributed by atoms with Crippen LogP contribution in [0.25, 0.3) is 0 Å². The van der Waals surface area contributed by atoms with E-state index in [1.807, 2.05) is 6.07 Å². The van der Waals surface area contributed by atoms with Crippen molar-refractivity contribution < 1.29 is 9.13 Å². The predicted molar refractivity (Wildman–Crippen MR) is 82.3 cm³/mol. The fraction of sp³-hybridized carbons (Fsp3) is 0.600. The molecule has 1 fully saturated rings. The van der Waals surface area contributed by atoms with E-state index in [1.165, 1.54) is 12.1 Å². The third-order valence-electron chi connectivity index (χ3n) is 3.54. The lowest BCUT2D eigenvalue weighted by atomic mass is 10.1. The van der Waals surface area contributed by atoms with Gasteiger partial charge in [0, 0.05) is 30.1 Å². The van der Waals surface area contributed by atoms with Gasteiger partial charge < -0.3 is 10.1 Å². The first-order chi connectivity index (χ1) is 9.70. The lowest BCUT2D eigenvalue weighted by molar-refractivity contribution is -0.0109. The molecule has 112 valence electrons. The minimum absolute atomic E-state index is 0.205. The van der Waals surface area contributed by atoms with Crippen LogP contribution in [0.3, 0.4) is 0 Å². The Morgan fingerprint density at radius 2 is 2.35 bits per heavy atom. The molecule has 0 amide bonds. The lowest BCUT2D eigenvalue weighted by Crippen LogP contribution is -2.49. The van der Waals surface area contributed by atoms with Gasteiger partial charge in [-0.15, -0.1) is 0 Å². The molecule has 1 atom stereocenters. The molecule has 1 unspecified atom stereocenters. The third-order valence-corrected chi connectivity index (χ3v) is 4.28. The van der Waals surface area contributed by atoms with Crippen molar-refractivity contribution in [2.24, 2.45) is 0 Å². The molecule has 0 radical (unpaired) electrons. The summed E-state index contributed by atoms with van der Waals surface area (Å²) in [6.07, 6.45) is 1.14. The summed E-state index contributed by atoms with van der Waals surface area (Å²) in [6.45, 7) is 7.40. The van der Waals surface area contributed by atoms with Gasteiger partial charge in [-0.05, 0) is 30.7 Å². The van der Waals surface area contributed by atoms with Crippen LogP contribution in [-0.4, -0.2) is 43.8 Å². The normalized spacial score (nSPS) is 20.2. The van der Waals surface area contributed by atoms with Crippen LogP contribution in [0, 0.1) is 5.82 Å². The van der Waals surface area contributed by atoms with Crippen LogP contribution in [0.1, 0.15) is 18.9 Å². The van der Waals surface area contributed by atoms with Gasteiger partial charge in [-0.1, -0.05) is 28.9 Å². The molecule has 1 aromatic carbocycles. The van der Waals surface area contributed by atoms with Gasteiger partial charge in [0.2, 0.25) is 0 Å². The van der Waals surface area contributed by atoms with Crippen molar-refractivity contribution >= 4 is 15.9 Å². The van der Waals surface area contributed by atoms with Crippen LogP contribution in [0.4, 0.5) is 4.39 Å². The lowest BCUT2D eigenvalue weighted by Gasteiger charge is -2.36. The molecular weight excluding hydrogens is 323 g/mol. The fourth-order valence-corrected chi connectivity index (χ4v) is 2.88. The topological polar surface area (TPSA) is 24.5 Å². The molecule has 1 heterocycles. The second-order valence-corrected chi connectivity index (χ2v) is 5.99. The van der Waals surface area contributed by atoms with E-state index in [1.54, 1.807) is 0 Å². The molecule has 1 aliphatic rings. The maximum absolute atomic E-state index is 13.1. The van der Waals surface area contributed by atoms with Crippen molar-refractivity contribution in [3.05, 3.63) is 34.1 Å². The number of benzene rings is 1. The van der Waals surface area contributed by atoms with Crippen LogP contribution < -0.4 is 5.32 Å². The van der Waals surface area contributed by atoms with Crippen LogP contribution in [0.15, 0.2) is 22.7 Å². The van der Waals surface area contributed by atoms with E-state index in [0.29, 0.717) is 6.04 Å². The summed E-state index contributed by atoms with van der Waals surface area (Å²) in [5.41, 5.74) is 1.12. The average Bonchev–Trinajstić information content (AvgIpc) is 2.44. The Labute approximate surface area is 128 Å². The van der Waals surface area contributed by atoms with Gasteiger partial charge >= 0.3 is 0 Å². The Kier molecular flexibility index (Phi) is 6.42. The molecular formula is C15H22BrFN2O. The van der Waals surface area contributed by atoms with Crippen molar-refractivity contribution in [1.29, 1.82) is 0 Å². The Morgan fingerprint density at radius 3 is 3.10 bits per heavy atom. The highest BCUT2D eigenvalue weighted by Crippen LogP contribution is 2.21. The van der Waals surface area contributed by atoms with E-state index in [2.05, 4.69) is 33.1 Å². The molecule has 0 saturated carbocycles. The first-order valence-corrected chi connectivity index (χ1v) is 7.96. The predicted octanol–water partition coefficient (Wildman–Crippen LogP) is 2.79. The van der Waals surface area contributed by atoms with Gasteiger partial charge in [0.1, 0.15) is 5.82 Å². The summed E-state index contributed by atoms with van der Waals surface area (Å²) in [7, 11) is 0. The second-order valence-electron chi connectivity index (χ2n) is 5.14. The molecule has 1 aromatic rings. The highest BCUT2D eigenvalue weighted by Gasteiger charge is 2.23. The first-order valence-electron chi connectivity index (χ1n) is 7.17. The Bertz CT molecular complexity index is 430. The minimum atomic E-state index is -0.205. The molecule has 20 heavy (non-hydrogen) atoms. The van der Waals surface area contributed by atoms with Crippen molar-refractivity contribution in [2.45, 2.75) is 25.9 Å². The largest absolute Gasteiger partial charge is 0.378 e. The average molecular weight is 345 g/mol. The standard InChI is InChI=1S/C15H22BrFN2O/c1-2-5-18-9-14-11-20-7-6-19(14)10-12-3-4-13(17)8-15(12)16/h3-4,8,14,18H,2,5-7,9-11H2,1H3. The molecule has 0 bridgehead atoms. The van der Waals surface area contributed by atoms with Gasteiger partial charge in [0.15, 0.2) is 0 Å². The fourth-order valence-electron chi connectivity index (χ4n) is 2.40. The molecule has 1 aliphatic heterocycles. The summed E-state index contributed by atoms with van der Waals surface area (Å²) >= 11 is 3.44. The van der Waals surface area contributed by atoms with Gasteiger partial charge in [-0.2, -0.15) is 0 Å². The monoisotopic (exact) mass is 344 g/mol. The van der Waals surface area contributed by atoms with Crippen molar-refractivity contribution in [3.8, 4) is 0 Å². The van der Waals surface area contributed by atoms with Gasteiger partial charge in [0.05, 0.1) is 13.2 Å². The molecule has 1 N–H and O–H groups in total. The minimum Gasteiger partial charge on any atom is -0.378 e. The number of nitrogens with zero attached hydrogens (tertiary/aromatic N) is 1. The molecule has 0 spiro atoms. The van der Waals surface area contributed by atoms with Gasteiger partial charge in [-0.3, -0.25) is 4.90 Å². The Morgan fingerprint density at radius 1 is 1.50 bits per heavy atom. The van der Waals surface area contributed by atoms with Crippen molar-refractivity contribution in [1.82, 2.24) is 10.2 Å². The number of nitrogens with one attached hydrogen (secondary N) is 1. The smallest absolute Gasteiger partial charge is 0.124 e. The number of hydrogen-bond donors (Lipinski definition) is 1. The summed E-state index contributed by atoms with van der Waals surface area (Å²) < 4.78 is 19.5. The Balaban J connectivity index is 1.97. The molecule has 1 saturated heterocycles. The zero-order valence-corrected chi connectivity index (χ0v) is 13.5. The third kappa shape index (κ3) is 4.52. The SMILES string of the molecule is CCCNCC1COCCN1Cc1ccc(F)cc1Br. The number of halogens is 2. The van der Waals surface area contributed by atoms with Gasteiger partial charge in [-0.25, -0.2) is 4.39 Å². The second kappa shape index (κ2) is 8.08. The van der Waals surface area contributed by atoms with E-state index in [4.69, 9.17) is 4.74 Å². The molecule has 2 rings (SSSR count). The summed E-state index contributed by atoms with van der Waals surface area (Å²) in [5.74, 6) is -0.205. The zero-order chi connectivity index (χ0) is 14.4. The van der Waals surface area contributed by atoms with Crippen molar-refractivity contribution in [3.63, 3.8) is 0 Å². The number of hydrogen-bond acceptors (Lipinski definition) is 3. The highest BCUT2D eigenvalue weighted by atomic mass is 79.9. The van der Waals surface area contributed by atoms with Crippen LogP contribution in [-0.2, 0) is 11.3 Å². The molecule has 0 aliphatic carbocycles. The van der Waals surface area contributed by atoms with Crippen LogP contribution >= 0.6 is 15.9 Å². The molecule has 0 aromatic heterocycles. The van der Waals surface area contributed by atoms with E-state index in [0.717, 1.165) is 55.8 Å². The zero-order valence-electron chi connectivity index (χ0n) is 11.9. The van der Waals surface area contributed by atoms with Crippen molar-refractivity contribution in [2.75, 3.05) is 32.8 Å². The van der Waals surface area contributed by atoms with E-state index < -0.39 is 0 Å². The van der Waals surface area contributed by atoms with Crippen LogP contribution in [0.5, 0.6) is 0 Å². The molecule has 3 nitrogen and oxygen atoms in total. The number of ether oxygens (including phenoxy) is 1. The number of morpholine rings is 1. The van der Waals surface area contributed by atoms with Crippen LogP contribution in [0.2, 0.25) is 0 Å². The maximum Gasteiger partial charge on any atom is 0.124 e. The van der Waals surface area contributed by atoms with Gasteiger partial charge in [0.25, 0.3) is 0 Å². The summed E-state index contributed by atoms with van der Waals surface area (Å²) in [4.78, 5) is 2.41. The first kappa shape index (κ1) is 15.9.